The standard InChI is InChI=1S/C20H15Cl2F3N4O5S2/c1-10-16(35-19(27-10)28-15(30)8-34-18(31)20(23,24)25)12-6-14(17(22)26-7-12)29-36(32,33)9-11-2-4-13(21)5-3-11/h2-7,29H,8-9H2,1H3,(H,27,28,30). The fraction of sp³-hybridized carbons (Fsp3) is 0.200. The van der Waals surface area contributed by atoms with E-state index < -0.39 is 34.7 Å². The fourth-order valence-corrected chi connectivity index (χ4v) is 5.22. The van der Waals surface area contributed by atoms with Crippen molar-refractivity contribution in [1.29, 1.82) is 0 Å². The second kappa shape index (κ2) is 11.0. The van der Waals surface area contributed by atoms with Gasteiger partial charge in [0, 0.05) is 16.8 Å². The first kappa shape index (κ1) is 27.6. The Morgan fingerprint density at radius 3 is 2.47 bits per heavy atom. The zero-order valence-corrected chi connectivity index (χ0v) is 21.2. The number of esters is 1. The Bertz CT molecular complexity index is 1400. The lowest BCUT2D eigenvalue weighted by Gasteiger charge is -2.11. The molecule has 0 radical (unpaired) electrons. The summed E-state index contributed by atoms with van der Waals surface area (Å²) in [5.74, 6) is -3.87. The number of carbonyl (C=O) groups excluding carboxylic acids is 2. The molecule has 192 valence electrons. The number of benzene rings is 1. The van der Waals surface area contributed by atoms with Gasteiger partial charge in [0.1, 0.15) is 0 Å². The predicted molar refractivity (Wildman–Crippen MR) is 128 cm³/mol. The third-order valence-electron chi connectivity index (χ3n) is 4.25. The number of hydrogen-bond acceptors (Lipinski definition) is 8. The number of nitrogens with one attached hydrogen (secondary N) is 2. The minimum atomic E-state index is -5.22. The number of nitrogens with zero attached hydrogens (tertiary/aromatic N) is 2. The molecule has 9 nitrogen and oxygen atoms in total. The van der Waals surface area contributed by atoms with Crippen LogP contribution in [0.2, 0.25) is 10.2 Å². The summed E-state index contributed by atoms with van der Waals surface area (Å²) in [6.07, 6.45) is -3.86. The van der Waals surface area contributed by atoms with Gasteiger partial charge in [-0.15, -0.1) is 0 Å². The van der Waals surface area contributed by atoms with Crippen LogP contribution >= 0.6 is 34.5 Å². The topological polar surface area (TPSA) is 127 Å². The number of amides is 1. The number of alkyl halides is 3. The Kier molecular flexibility index (Phi) is 8.44. The molecule has 0 saturated heterocycles. The van der Waals surface area contributed by atoms with Gasteiger partial charge in [0.2, 0.25) is 10.0 Å². The highest BCUT2D eigenvalue weighted by Crippen LogP contribution is 2.35. The van der Waals surface area contributed by atoms with Crippen LogP contribution in [-0.4, -0.2) is 43.0 Å². The Morgan fingerprint density at radius 1 is 1.17 bits per heavy atom. The van der Waals surface area contributed by atoms with Crippen molar-refractivity contribution in [1.82, 2.24) is 9.97 Å². The van der Waals surface area contributed by atoms with Gasteiger partial charge in [-0.3, -0.25) is 14.8 Å². The van der Waals surface area contributed by atoms with E-state index in [0.717, 1.165) is 11.3 Å². The number of hydrogen-bond donors (Lipinski definition) is 2. The lowest BCUT2D eigenvalue weighted by molar-refractivity contribution is -0.199. The summed E-state index contributed by atoms with van der Waals surface area (Å²) in [6.45, 7) is 0.429. The average molecular weight is 583 g/mol. The predicted octanol–water partition coefficient (Wildman–Crippen LogP) is 4.81. The number of carbonyl (C=O) groups is 2. The molecule has 0 saturated carbocycles. The van der Waals surface area contributed by atoms with Gasteiger partial charge in [0.15, 0.2) is 16.9 Å². The molecule has 1 aromatic carbocycles. The smallest absolute Gasteiger partial charge is 0.449 e. The van der Waals surface area contributed by atoms with E-state index in [4.69, 9.17) is 23.2 Å². The monoisotopic (exact) mass is 582 g/mol. The van der Waals surface area contributed by atoms with Crippen LogP contribution in [-0.2, 0) is 30.1 Å². The molecule has 0 spiro atoms. The van der Waals surface area contributed by atoms with Gasteiger partial charge in [0.05, 0.1) is 22.0 Å². The maximum Gasteiger partial charge on any atom is 0.490 e. The number of sulfonamides is 1. The van der Waals surface area contributed by atoms with Crippen molar-refractivity contribution in [3.8, 4) is 10.4 Å². The maximum atomic E-state index is 12.6. The van der Waals surface area contributed by atoms with E-state index in [9.17, 15) is 31.2 Å². The number of ether oxygens (including phenoxy) is 1. The van der Waals surface area contributed by atoms with Crippen molar-refractivity contribution in [3.63, 3.8) is 0 Å². The molecule has 2 aromatic heterocycles. The second-order valence-corrected chi connectivity index (χ2v) is 10.6. The Hall–Kier alpha value is -2.94. The normalized spacial score (nSPS) is 11.7. The van der Waals surface area contributed by atoms with Crippen LogP contribution in [0.25, 0.3) is 10.4 Å². The van der Waals surface area contributed by atoms with E-state index in [2.05, 4.69) is 24.7 Å². The molecule has 3 rings (SSSR count). The van der Waals surface area contributed by atoms with Crippen molar-refractivity contribution < 1.29 is 35.9 Å². The molecule has 0 aliphatic heterocycles. The summed E-state index contributed by atoms with van der Waals surface area (Å²) in [5, 5.41) is 2.59. The van der Waals surface area contributed by atoms with E-state index in [-0.39, 0.29) is 21.7 Å². The van der Waals surface area contributed by atoms with Crippen LogP contribution < -0.4 is 10.0 Å². The summed E-state index contributed by atoms with van der Waals surface area (Å²) in [5.41, 5.74) is 1.30. The van der Waals surface area contributed by atoms with E-state index in [1.54, 1.807) is 31.2 Å². The van der Waals surface area contributed by atoms with Gasteiger partial charge in [-0.1, -0.05) is 46.7 Å². The van der Waals surface area contributed by atoms with Crippen molar-refractivity contribution in [2.45, 2.75) is 18.9 Å². The molecule has 2 heterocycles. The molecule has 1 amide bonds. The molecule has 0 unspecified atom stereocenters. The average Bonchev–Trinajstić information content (AvgIpc) is 3.14. The summed E-state index contributed by atoms with van der Waals surface area (Å²) < 4.78 is 68.1. The van der Waals surface area contributed by atoms with Crippen LogP contribution in [0.15, 0.2) is 36.5 Å². The minimum Gasteiger partial charge on any atom is -0.449 e. The van der Waals surface area contributed by atoms with Crippen molar-refractivity contribution in [2.24, 2.45) is 0 Å². The third kappa shape index (κ3) is 7.53. The van der Waals surface area contributed by atoms with Crippen LogP contribution in [0.5, 0.6) is 0 Å². The molecule has 0 aliphatic carbocycles. The molecule has 3 aromatic rings. The first-order valence-corrected chi connectivity index (χ1v) is 12.9. The summed E-state index contributed by atoms with van der Waals surface area (Å²) >= 11 is 12.8. The molecule has 36 heavy (non-hydrogen) atoms. The number of aryl methyl sites for hydroxylation is 1. The molecule has 0 fully saturated rings. The molecule has 2 N–H and O–H groups in total. The molecule has 16 heteroatoms. The molecule has 0 bridgehead atoms. The van der Waals surface area contributed by atoms with E-state index >= 15 is 0 Å². The lowest BCUT2D eigenvalue weighted by atomic mass is 10.2. The SMILES string of the molecule is Cc1nc(NC(=O)COC(=O)C(F)(F)F)sc1-c1cnc(Cl)c(NS(=O)(=O)Cc2ccc(Cl)cc2)c1. The van der Waals surface area contributed by atoms with E-state index in [1.807, 2.05) is 0 Å². The lowest BCUT2D eigenvalue weighted by Crippen LogP contribution is -2.29. The third-order valence-corrected chi connectivity index (χ3v) is 7.16. The van der Waals surface area contributed by atoms with Gasteiger partial charge in [-0.2, -0.15) is 13.2 Å². The molecular weight excluding hydrogens is 568 g/mol. The molecular formula is C20H15Cl2F3N4O5S2. The van der Waals surface area contributed by atoms with Gasteiger partial charge < -0.3 is 4.74 Å². The number of pyridine rings is 1. The highest BCUT2D eigenvalue weighted by molar-refractivity contribution is 7.91. The van der Waals surface area contributed by atoms with E-state index in [0.29, 0.717) is 26.7 Å². The largest absolute Gasteiger partial charge is 0.490 e. The second-order valence-electron chi connectivity index (χ2n) is 7.11. The first-order chi connectivity index (χ1) is 16.7. The number of anilines is 2. The van der Waals surface area contributed by atoms with Crippen LogP contribution in [0.4, 0.5) is 24.0 Å². The van der Waals surface area contributed by atoms with Crippen molar-refractivity contribution >= 4 is 67.3 Å². The first-order valence-electron chi connectivity index (χ1n) is 9.65. The summed E-state index contributed by atoms with van der Waals surface area (Å²) in [4.78, 5) is 31.1. The summed E-state index contributed by atoms with van der Waals surface area (Å²) in [6, 6.07) is 7.68. The van der Waals surface area contributed by atoms with Crippen LogP contribution in [0, 0.1) is 6.92 Å². The fourth-order valence-electron chi connectivity index (χ4n) is 2.73. The Balaban J connectivity index is 1.73. The van der Waals surface area contributed by atoms with E-state index in [1.165, 1.54) is 12.3 Å². The number of rotatable bonds is 8. The number of aromatic nitrogens is 2. The maximum absolute atomic E-state index is 12.6. The quantitative estimate of drug-likeness (QED) is 0.288. The Morgan fingerprint density at radius 2 is 1.83 bits per heavy atom. The van der Waals surface area contributed by atoms with Crippen LogP contribution in [0.3, 0.4) is 0 Å². The number of thiazole rings is 1. The summed E-state index contributed by atoms with van der Waals surface area (Å²) in [7, 11) is -3.87. The number of halogens is 5. The van der Waals surface area contributed by atoms with Gasteiger partial charge >= 0.3 is 12.1 Å². The molecule has 0 atom stereocenters. The van der Waals surface area contributed by atoms with Gasteiger partial charge in [0.25, 0.3) is 5.91 Å². The van der Waals surface area contributed by atoms with Gasteiger partial charge in [-0.25, -0.2) is 23.2 Å². The Labute approximate surface area is 216 Å². The van der Waals surface area contributed by atoms with Crippen LogP contribution in [0.1, 0.15) is 11.3 Å². The highest BCUT2D eigenvalue weighted by atomic mass is 35.5. The van der Waals surface area contributed by atoms with Gasteiger partial charge in [-0.05, 0) is 30.7 Å². The van der Waals surface area contributed by atoms with Crippen molar-refractivity contribution in [2.75, 3.05) is 16.6 Å². The molecule has 0 aliphatic rings. The zero-order valence-electron chi connectivity index (χ0n) is 18.0. The zero-order chi connectivity index (χ0) is 26.7. The minimum absolute atomic E-state index is 0.000536. The van der Waals surface area contributed by atoms with Crippen molar-refractivity contribution in [3.05, 3.63) is 58.0 Å². The highest BCUT2D eigenvalue weighted by Gasteiger charge is 2.41.